The molecule has 0 spiro atoms. The van der Waals surface area contributed by atoms with E-state index in [1.54, 1.807) is 0 Å². The van der Waals surface area contributed by atoms with Gasteiger partial charge in [-0.1, -0.05) is 54.6 Å². The number of benzene rings is 1. The third-order valence-corrected chi connectivity index (χ3v) is 3.87. The summed E-state index contributed by atoms with van der Waals surface area (Å²) in [5.41, 5.74) is 4.25. The Bertz CT molecular complexity index is 396. The van der Waals surface area contributed by atoms with Crippen molar-refractivity contribution in [2.75, 3.05) is 0 Å². The van der Waals surface area contributed by atoms with E-state index in [9.17, 15) is 0 Å². The van der Waals surface area contributed by atoms with Gasteiger partial charge in [0, 0.05) is 4.91 Å². The summed E-state index contributed by atoms with van der Waals surface area (Å²) < 4.78 is 0. The molecule has 0 fully saturated rings. The quantitative estimate of drug-likeness (QED) is 0.694. The molecule has 0 atom stereocenters. The number of hydrogen-bond acceptors (Lipinski definition) is 1. The smallest absolute Gasteiger partial charge is 0.0181 e. The zero-order valence-corrected chi connectivity index (χ0v) is 10.1. The fraction of sp³-hybridized carbons (Fsp3) is 0.286. The minimum atomic E-state index is 1.10. The van der Waals surface area contributed by atoms with E-state index in [2.05, 4.69) is 49.6 Å². The Kier molecular flexibility index (Phi) is 3.32. The van der Waals surface area contributed by atoms with Crippen LogP contribution < -0.4 is 0 Å². The van der Waals surface area contributed by atoms with E-state index < -0.39 is 0 Å². The molecule has 2 rings (SSSR count). The number of rotatable bonds is 2. The predicted molar refractivity (Wildman–Crippen MR) is 69.8 cm³/mol. The van der Waals surface area contributed by atoms with E-state index in [1.807, 2.05) is 11.8 Å². The van der Waals surface area contributed by atoms with Gasteiger partial charge in [0.15, 0.2) is 0 Å². The molecular formula is C14H16S. The van der Waals surface area contributed by atoms with E-state index in [1.165, 1.54) is 21.6 Å². The van der Waals surface area contributed by atoms with Crippen LogP contribution in [0.4, 0.5) is 0 Å². The fourth-order valence-electron chi connectivity index (χ4n) is 1.74. The Balaban J connectivity index is 2.29. The fourth-order valence-corrected chi connectivity index (χ4v) is 2.63. The molecule has 1 heteroatoms. The van der Waals surface area contributed by atoms with Gasteiger partial charge in [-0.3, -0.25) is 0 Å². The average Bonchev–Trinajstić information content (AvgIpc) is 2.30. The van der Waals surface area contributed by atoms with Crippen molar-refractivity contribution >= 4 is 16.7 Å². The lowest BCUT2D eigenvalue weighted by Crippen LogP contribution is -1.89. The van der Waals surface area contributed by atoms with Crippen LogP contribution in [0.25, 0.3) is 4.91 Å². The van der Waals surface area contributed by atoms with Gasteiger partial charge in [-0.05, 0) is 36.3 Å². The summed E-state index contributed by atoms with van der Waals surface area (Å²) in [5.74, 6) is 0. The van der Waals surface area contributed by atoms with Gasteiger partial charge in [0.1, 0.15) is 0 Å². The monoisotopic (exact) mass is 216 g/mol. The first-order valence-corrected chi connectivity index (χ1v) is 6.30. The van der Waals surface area contributed by atoms with Crippen molar-refractivity contribution in [3.05, 3.63) is 52.4 Å². The lowest BCUT2D eigenvalue weighted by Gasteiger charge is -2.13. The van der Waals surface area contributed by atoms with E-state index in [-0.39, 0.29) is 0 Å². The van der Waals surface area contributed by atoms with E-state index in [0.717, 1.165) is 12.8 Å². The maximum atomic E-state index is 2.24. The summed E-state index contributed by atoms with van der Waals surface area (Å²) in [5, 5.41) is 2.19. The highest BCUT2D eigenvalue weighted by atomic mass is 32.2. The van der Waals surface area contributed by atoms with Gasteiger partial charge in [0.25, 0.3) is 0 Å². The highest BCUT2D eigenvalue weighted by Crippen LogP contribution is 2.36. The van der Waals surface area contributed by atoms with Gasteiger partial charge >= 0.3 is 0 Å². The molecule has 1 aliphatic heterocycles. The molecule has 0 saturated carbocycles. The maximum Gasteiger partial charge on any atom is 0.0181 e. The number of thioether (sulfide) groups is 1. The van der Waals surface area contributed by atoms with Crippen molar-refractivity contribution in [1.82, 2.24) is 0 Å². The number of aryl methyl sites for hydroxylation is 1. The van der Waals surface area contributed by atoms with Gasteiger partial charge in [-0.15, -0.1) is 0 Å². The van der Waals surface area contributed by atoms with Crippen LogP contribution in [0.2, 0.25) is 0 Å². The largest absolute Gasteiger partial charge is 0.0978 e. The number of allylic oxidation sites excluding steroid dienone is 2. The zero-order valence-electron chi connectivity index (χ0n) is 9.29. The summed E-state index contributed by atoms with van der Waals surface area (Å²) in [6.45, 7) is 4.41. The standard InChI is InChI=1S/C14H16S/c1-3-12-6-8-13(9-7-12)14-11(2)5-4-10-15-14/h4,6-10H,3,5H2,1-2H3. The van der Waals surface area contributed by atoms with Crippen molar-refractivity contribution in [3.8, 4) is 0 Å². The summed E-state index contributed by atoms with van der Waals surface area (Å²) in [6.07, 6.45) is 4.44. The van der Waals surface area contributed by atoms with Gasteiger partial charge in [-0.2, -0.15) is 0 Å². The highest BCUT2D eigenvalue weighted by molar-refractivity contribution is 8.11. The summed E-state index contributed by atoms with van der Waals surface area (Å²) in [6, 6.07) is 8.94. The molecule has 0 aliphatic carbocycles. The Hall–Kier alpha value is -0.950. The summed E-state index contributed by atoms with van der Waals surface area (Å²) >= 11 is 1.84. The molecule has 0 aromatic heterocycles. The van der Waals surface area contributed by atoms with Gasteiger partial charge < -0.3 is 0 Å². The van der Waals surface area contributed by atoms with Crippen molar-refractivity contribution in [2.45, 2.75) is 26.7 Å². The Morgan fingerprint density at radius 3 is 2.53 bits per heavy atom. The Morgan fingerprint density at radius 2 is 1.93 bits per heavy atom. The maximum absolute atomic E-state index is 2.24. The molecule has 15 heavy (non-hydrogen) atoms. The molecule has 0 unspecified atom stereocenters. The minimum absolute atomic E-state index is 1.10. The van der Waals surface area contributed by atoms with Crippen LogP contribution in [0.3, 0.4) is 0 Å². The van der Waals surface area contributed by atoms with Gasteiger partial charge in [-0.25, -0.2) is 0 Å². The van der Waals surface area contributed by atoms with Crippen LogP contribution in [-0.4, -0.2) is 0 Å². The molecule has 1 heterocycles. The third kappa shape index (κ3) is 2.35. The second-order valence-electron chi connectivity index (χ2n) is 3.85. The van der Waals surface area contributed by atoms with Crippen LogP contribution in [0, 0.1) is 0 Å². The highest BCUT2D eigenvalue weighted by Gasteiger charge is 2.07. The zero-order chi connectivity index (χ0) is 10.7. The molecule has 0 radical (unpaired) electrons. The first-order valence-electron chi connectivity index (χ1n) is 5.42. The van der Waals surface area contributed by atoms with Crippen molar-refractivity contribution < 1.29 is 0 Å². The second-order valence-corrected chi connectivity index (χ2v) is 4.77. The predicted octanol–water partition coefficient (Wildman–Crippen LogP) is 4.63. The Labute approximate surface area is 96.1 Å². The third-order valence-electron chi connectivity index (χ3n) is 2.72. The molecule has 0 amide bonds. The molecule has 1 aromatic carbocycles. The normalized spacial score (nSPS) is 15.9. The van der Waals surface area contributed by atoms with E-state index in [4.69, 9.17) is 0 Å². The van der Waals surface area contributed by atoms with E-state index in [0.29, 0.717) is 0 Å². The van der Waals surface area contributed by atoms with Gasteiger partial charge in [0.2, 0.25) is 0 Å². The molecule has 0 nitrogen and oxygen atoms in total. The molecule has 1 aliphatic rings. The Morgan fingerprint density at radius 1 is 1.20 bits per heavy atom. The minimum Gasteiger partial charge on any atom is -0.0978 e. The molecular weight excluding hydrogens is 200 g/mol. The van der Waals surface area contributed by atoms with Crippen LogP contribution in [0.1, 0.15) is 31.4 Å². The first-order chi connectivity index (χ1) is 7.31. The lowest BCUT2D eigenvalue weighted by molar-refractivity contribution is 1.14. The first kappa shape index (κ1) is 10.6. The SMILES string of the molecule is CCc1ccc(C2=C(C)CC=CS2)cc1. The molecule has 1 aromatic rings. The van der Waals surface area contributed by atoms with Crippen LogP contribution >= 0.6 is 11.8 Å². The summed E-state index contributed by atoms with van der Waals surface area (Å²) in [4.78, 5) is 1.43. The van der Waals surface area contributed by atoms with Gasteiger partial charge in [0.05, 0.1) is 0 Å². The molecule has 0 bridgehead atoms. The number of hydrogen-bond donors (Lipinski definition) is 0. The topological polar surface area (TPSA) is 0 Å². The lowest BCUT2D eigenvalue weighted by atomic mass is 10.1. The molecule has 0 saturated heterocycles. The van der Waals surface area contributed by atoms with Crippen LogP contribution in [0.5, 0.6) is 0 Å². The van der Waals surface area contributed by atoms with E-state index >= 15 is 0 Å². The van der Waals surface area contributed by atoms with Crippen molar-refractivity contribution in [2.24, 2.45) is 0 Å². The van der Waals surface area contributed by atoms with Crippen LogP contribution in [-0.2, 0) is 6.42 Å². The van der Waals surface area contributed by atoms with Crippen molar-refractivity contribution in [1.29, 1.82) is 0 Å². The second kappa shape index (κ2) is 4.71. The molecule has 0 N–H and O–H groups in total. The summed E-state index contributed by atoms with van der Waals surface area (Å²) in [7, 11) is 0. The van der Waals surface area contributed by atoms with Crippen LogP contribution in [0.15, 0.2) is 41.3 Å². The van der Waals surface area contributed by atoms with Crippen molar-refractivity contribution in [3.63, 3.8) is 0 Å². The molecule has 78 valence electrons. The average molecular weight is 216 g/mol.